The van der Waals surface area contributed by atoms with E-state index in [9.17, 15) is 5.11 Å². The van der Waals surface area contributed by atoms with E-state index in [1.165, 1.54) is 0 Å². The summed E-state index contributed by atoms with van der Waals surface area (Å²) in [6.45, 7) is 6.35. The van der Waals surface area contributed by atoms with Gasteiger partial charge in [0.05, 0.1) is 6.10 Å². The van der Waals surface area contributed by atoms with Gasteiger partial charge in [-0.05, 0) is 25.8 Å². The maximum absolute atomic E-state index is 9.98. The van der Waals surface area contributed by atoms with E-state index in [1.54, 1.807) is 0 Å². The van der Waals surface area contributed by atoms with Crippen molar-refractivity contribution < 1.29 is 5.11 Å². The number of aliphatic imine (C=N–C) groups is 1. The Morgan fingerprint density at radius 2 is 1.78 bits per heavy atom. The summed E-state index contributed by atoms with van der Waals surface area (Å²) in [6.07, 6.45) is 0.184. The van der Waals surface area contributed by atoms with Gasteiger partial charge in [0.25, 0.3) is 0 Å². The predicted octanol–water partition coefficient (Wildman–Crippen LogP) is 1.69. The van der Waals surface area contributed by atoms with Gasteiger partial charge in [0.15, 0.2) is 5.96 Å². The molecule has 0 saturated heterocycles. The number of benzene rings is 1. The highest BCUT2D eigenvalue weighted by Crippen LogP contribution is 2.15. The molecule has 0 aliphatic carbocycles. The predicted molar refractivity (Wildman–Crippen MR) is 75.7 cm³/mol. The fourth-order valence-corrected chi connectivity index (χ4v) is 1.65. The smallest absolute Gasteiger partial charge is 0.191 e. The zero-order valence-corrected chi connectivity index (χ0v) is 11.2. The van der Waals surface area contributed by atoms with Crippen LogP contribution >= 0.6 is 0 Å². The van der Waals surface area contributed by atoms with Crippen molar-refractivity contribution in [2.24, 2.45) is 4.99 Å². The fourth-order valence-electron chi connectivity index (χ4n) is 1.65. The van der Waals surface area contributed by atoms with Gasteiger partial charge in [-0.15, -0.1) is 0 Å². The van der Waals surface area contributed by atoms with Gasteiger partial charge in [-0.1, -0.05) is 30.3 Å². The number of hydrogen-bond donors (Lipinski definition) is 3. The van der Waals surface area contributed by atoms with E-state index in [2.05, 4.69) is 15.6 Å². The molecule has 0 spiro atoms. The first-order valence-corrected chi connectivity index (χ1v) is 6.53. The van der Waals surface area contributed by atoms with Gasteiger partial charge in [-0.2, -0.15) is 0 Å². The first-order valence-electron chi connectivity index (χ1n) is 6.53. The van der Waals surface area contributed by atoms with Gasteiger partial charge < -0.3 is 15.7 Å². The molecule has 0 radical (unpaired) electrons. The molecule has 4 nitrogen and oxygen atoms in total. The van der Waals surface area contributed by atoms with Crippen LogP contribution in [0.5, 0.6) is 0 Å². The molecule has 1 aromatic rings. The van der Waals surface area contributed by atoms with Crippen LogP contribution in [0.1, 0.15) is 31.9 Å². The summed E-state index contributed by atoms with van der Waals surface area (Å²) in [5, 5.41) is 16.3. The van der Waals surface area contributed by atoms with Crippen LogP contribution in [0.2, 0.25) is 0 Å². The quantitative estimate of drug-likeness (QED) is 0.531. The van der Waals surface area contributed by atoms with Crippen LogP contribution in [-0.4, -0.2) is 30.7 Å². The maximum atomic E-state index is 9.98. The summed E-state index contributed by atoms with van der Waals surface area (Å²) in [5.41, 5.74) is 0.946. The zero-order chi connectivity index (χ0) is 13.2. The van der Waals surface area contributed by atoms with Crippen molar-refractivity contribution in [3.05, 3.63) is 35.9 Å². The first-order chi connectivity index (χ1) is 8.77. The largest absolute Gasteiger partial charge is 0.388 e. The third-order valence-corrected chi connectivity index (χ3v) is 2.55. The topological polar surface area (TPSA) is 56.7 Å². The molecule has 0 heterocycles. The minimum absolute atomic E-state index is 0.445. The Morgan fingerprint density at radius 1 is 1.17 bits per heavy atom. The van der Waals surface area contributed by atoms with Gasteiger partial charge in [-0.25, -0.2) is 0 Å². The Bertz CT molecular complexity index is 343. The fraction of sp³-hybridized carbons (Fsp3) is 0.500. The monoisotopic (exact) mass is 249 g/mol. The molecule has 1 aromatic carbocycles. The molecule has 0 aliphatic rings. The van der Waals surface area contributed by atoms with Crippen molar-refractivity contribution in [3.8, 4) is 0 Å². The highest BCUT2D eigenvalue weighted by atomic mass is 16.3. The Hall–Kier alpha value is -1.55. The second-order valence-corrected chi connectivity index (χ2v) is 4.01. The van der Waals surface area contributed by atoms with Gasteiger partial charge in [0.1, 0.15) is 0 Å². The van der Waals surface area contributed by atoms with E-state index in [0.29, 0.717) is 13.0 Å². The van der Waals surface area contributed by atoms with E-state index in [-0.39, 0.29) is 0 Å². The maximum Gasteiger partial charge on any atom is 0.191 e. The number of rotatable bonds is 6. The summed E-state index contributed by atoms with van der Waals surface area (Å²) in [7, 11) is 0. The Balaban J connectivity index is 2.42. The summed E-state index contributed by atoms with van der Waals surface area (Å²) in [4.78, 5) is 4.40. The highest BCUT2D eigenvalue weighted by molar-refractivity contribution is 5.79. The lowest BCUT2D eigenvalue weighted by Gasteiger charge is -2.11. The Kier molecular flexibility index (Phi) is 6.87. The van der Waals surface area contributed by atoms with Crippen LogP contribution in [0.15, 0.2) is 35.3 Å². The highest BCUT2D eigenvalue weighted by Gasteiger charge is 2.05. The summed E-state index contributed by atoms with van der Waals surface area (Å²) < 4.78 is 0. The van der Waals surface area contributed by atoms with Crippen molar-refractivity contribution in [2.45, 2.75) is 26.4 Å². The van der Waals surface area contributed by atoms with Crippen LogP contribution in [0, 0.1) is 0 Å². The standard InChI is InChI=1S/C14H23N3O/c1-3-15-14(16-4-2)17-11-10-13(18)12-8-6-5-7-9-12/h5-9,13,18H,3-4,10-11H2,1-2H3,(H2,15,16,17). The number of aliphatic hydroxyl groups excluding tert-OH is 1. The summed E-state index contributed by atoms with van der Waals surface area (Å²) >= 11 is 0. The molecule has 0 saturated carbocycles. The minimum Gasteiger partial charge on any atom is -0.388 e. The molecule has 4 heteroatoms. The lowest BCUT2D eigenvalue weighted by atomic mass is 10.1. The van der Waals surface area contributed by atoms with E-state index in [1.807, 2.05) is 44.2 Å². The third kappa shape index (κ3) is 5.19. The van der Waals surface area contributed by atoms with E-state index in [4.69, 9.17) is 0 Å². The van der Waals surface area contributed by atoms with Gasteiger partial charge in [-0.3, -0.25) is 4.99 Å². The van der Waals surface area contributed by atoms with Crippen LogP contribution in [0.4, 0.5) is 0 Å². The third-order valence-electron chi connectivity index (χ3n) is 2.55. The average Bonchev–Trinajstić information content (AvgIpc) is 2.40. The number of nitrogens with zero attached hydrogens (tertiary/aromatic N) is 1. The van der Waals surface area contributed by atoms with Crippen molar-refractivity contribution >= 4 is 5.96 Å². The van der Waals surface area contributed by atoms with Gasteiger partial charge in [0, 0.05) is 19.6 Å². The van der Waals surface area contributed by atoms with Crippen molar-refractivity contribution in [3.63, 3.8) is 0 Å². The molecule has 3 N–H and O–H groups in total. The molecule has 0 aromatic heterocycles. The van der Waals surface area contributed by atoms with Crippen LogP contribution in [0.3, 0.4) is 0 Å². The molecule has 18 heavy (non-hydrogen) atoms. The average molecular weight is 249 g/mol. The molecule has 0 aliphatic heterocycles. The minimum atomic E-state index is -0.445. The number of nitrogens with one attached hydrogen (secondary N) is 2. The molecular formula is C14H23N3O. The van der Waals surface area contributed by atoms with Crippen molar-refractivity contribution in [1.29, 1.82) is 0 Å². The van der Waals surface area contributed by atoms with Crippen molar-refractivity contribution in [1.82, 2.24) is 10.6 Å². The number of hydrogen-bond acceptors (Lipinski definition) is 2. The first kappa shape index (κ1) is 14.5. The lowest BCUT2D eigenvalue weighted by molar-refractivity contribution is 0.170. The second kappa shape index (κ2) is 8.53. The molecule has 1 unspecified atom stereocenters. The summed E-state index contributed by atoms with van der Waals surface area (Å²) in [6, 6.07) is 9.69. The van der Waals surface area contributed by atoms with E-state index < -0.39 is 6.10 Å². The number of guanidine groups is 1. The number of aliphatic hydroxyl groups is 1. The van der Waals surface area contributed by atoms with Crippen LogP contribution in [-0.2, 0) is 0 Å². The zero-order valence-electron chi connectivity index (χ0n) is 11.2. The SMILES string of the molecule is CCNC(=NCCC(O)c1ccccc1)NCC. The van der Waals surface area contributed by atoms with Gasteiger partial charge >= 0.3 is 0 Å². The Labute approximate surface area is 109 Å². The molecule has 0 bridgehead atoms. The molecule has 100 valence electrons. The summed E-state index contributed by atoms with van der Waals surface area (Å²) in [5.74, 6) is 0.806. The second-order valence-electron chi connectivity index (χ2n) is 4.01. The van der Waals surface area contributed by atoms with Crippen LogP contribution < -0.4 is 10.6 Å². The van der Waals surface area contributed by atoms with E-state index in [0.717, 1.165) is 24.6 Å². The van der Waals surface area contributed by atoms with E-state index >= 15 is 0 Å². The molecule has 1 atom stereocenters. The van der Waals surface area contributed by atoms with Gasteiger partial charge in [0.2, 0.25) is 0 Å². The van der Waals surface area contributed by atoms with Crippen LogP contribution in [0.25, 0.3) is 0 Å². The van der Waals surface area contributed by atoms with Crippen molar-refractivity contribution in [2.75, 3.05) is 19.6 Å². The Morgan fingerprint density at radius 3 is 2.33 bits per heavy atom. The molecular weight excluding hydrogens is 226 g/mol. The molecule has 0 amide bonds. The molecule has 0 fully saturated rings. The molecule has 1 rings (SSSR count). The normalized spacial score (nSPS) is 11.7. The lowest BCUT2D eigenvalue weighted by Crippen LogP contribution is -2.37.